The molecule has 29 heavy (non-hydrogen) atoms. The molecule has 0 aliphatic heterocycles. The van der Waals surface area contributed by atoms with E-state index in [9.17, 15) is 9.59 Å². The molecule has 5 nitrogen and oxygen atoms in total. The van der Waals surface area contributed by atoms with Gasteiger partial charge < -0.3 is 5.32 Å². The van der Waals surface area contributed by atoms with Gasteiger partial charge in [-0.15, -0.1) is 0 Å². The molecule has 0 saturated carbocycles. The summed E-state index contributed by atoms with van der Waals surface area (Å²) in [6.07, 6.45) is 1.96. The zero-order chi connectivity index (χ0) is 21.0. The molecule has 3 aromatic rings. The summed E-state index contributed by atoms with van der Waals surface area (Å²) in [4.78, 5) is 30.4. The van der Waals surface area contributed by atoms with Crippen molar-refractivity contribution in [3.63, 3.8) is 0 Å². The minimum Gasteiger partial charge on any atom is -0.353 e. The van der Waals surface area contributed by atoms with Crippen molar-refractivity contribution >= 4 is 28.6 Å². The maximum absolute atomic E-state index is 13.3. The fourth-order valence-corrected chi connectivity index (χ4v) is 4.15. The molecule has 6 heteroatoms. The van der Waals surface area contributed by atoms with Crippen molar-refractivity contribution in [3.05, 3.63) is 63.9 Å². The van der Waals surface area contributed by atoms with Crippen molar-refractivity contribution in [1.82, 2.24) is 14.9 Å². The number of benzene rings is 2. The Morgan fingerprint density at radius 3 is 2.72 bits per heavy atom. The van der Waals surface area contributed by atoms with Gasteiger partial charge in [0.2, 0.25) is 5.91 Å². The largest absolute Gasteiger partial charge is 0.353 e. The number of rotatable bonds is 7. The van der Waals surface area contributed by atoms with Crippen molar-refractivity contribution in [2.45, 2.75) is 51.7 Å². The lowest BCUT2D eigenvalue weighted by Crippen LogP contribution is -2.34. The Morgan fingerprint density at radius 1 is 1.21 bits per heavy atom. The summed E-state index contributed by atoms with van der Waals surface area (Å²) in [6, 6.07) is 13.5. The summed E-state index contributed by atoms with van der Waals surface area (Å²) >= 11 is 1.29. The Morgan fingerprint density at radius 2 is 1.97 bits per heavy atom. The van der Waals surface area contributed by atoms with Gasteiger partial charge in [-0.25, -0.2) is 4.98 Å². The summed E-state index contributed by atoms with van der Waals surface area (Å²) < 4.78 is 1.64. The maximum atomic E-state index is 13.3. The Balaban J connectivity index is 2.02. The van der Waals surface area contributed by atoms with Crippen molar-refractivity contribution < 1.29 is 4.79 Å². The van der Waals surface area contributed by atoms with Crippen molar-refractivity contribution in [2.24, 2.45) is 0 Å². The molecule has 0 fully saturated rings. The Kier molecular flexibility index (Phi) is 6.75. The van der Waals surface area contributed by atoms with Gasteiger partial charge in [0.25, 0.3) is 5.56 Å². The summed E-state index contributed by atoms with van der Waals surface area (Å²) in [5.41, 5.74) is 3.37. The fraction of sp³-hybridized carbons (Fsp3) is 0.348. The van der Waals surface area contributed by atoms with Crippen molar-refractivity contribution in [3.8, 4) is 5.69 Å². The molecule has 0 bridgehead atoms. The lowest BCUT2D eigenvalue weighted by Gasteiger charge is -2.16. The third kappa shape index (κ3) is 4.88. The minimum atomic E-state index is -0.119. The van der Waals surface area contributed by atoms with E-state index in [1.807, 2.05) is 57.2 Å². The topological polar surface area (TPSA) is 64.0 Å². The SMILES string of the molecule is CCCC(C)NC(=O)CSc1nc2ccccc2c(=O)n1-c1cc(C)ccc1C. The van der Waals surface area contributed by atoms with Crippen LogP contribution in [0, 0.1) is 13.8 Å². The molecular formula is C23H27N3O2S. The van der Waals surface area contributed by atoms with Gasteiger partial charge in [-0.1, -0.05) is 49.4 Å². The molecule has 152 valence electrons. The fourth-order valence-electron chi connectivity index (χ4n) is 3.33. The summed E-state index contributed by atoms with van der Waals surface area (Å²) in [7, 11) is 0. The molecule has 0 aliphatic rings. The van der Waals surface area contributed by atoms with Gasteiger partial charge in [-0.2, -0.15) is 0 Å². The highest BCUT2D eigenvalue weighted by atomic mass is 32.2. The number of fused-ring (bicyclic) bond motifs is 1. The van der Waals surface area contributed by atoms with E-state index in [0.29, 0.717) is 16.1 Å². The average molecular weight is 410 g/mol. The van der Waals surface area contributed by atoms with Crippen molar-refractivity contribution in [2.75, 3.05) is 5.75 Å². The lowest BCUT2D eigenvalue weighted by atomic mass is 10.1. The summed E-state index contributed by atoms with van der Waals surface area (Å²) in [6.45, 7) is 8.08. The van der Waals surface area contributed by atoms with Crippen LogP contribution in [0.2, 0.25) is 0 Å². The Labute approximate surface area is 175 Å². The van der Waals surface area contributed by atoms with Crippen LogP contribution in [0.1, 0.15) is 37.8 Å². The highest BCUT2D eigenvalue weighted by Crippen LogP contribution is 2.24. The Bertz CT molecular complexity index is 1090. The summed E-state index contributed by atoms with van der Waals surface area (Å²) in [5, 5.41) is 4.10. The second-order valence-electron chi connectivity index (χ2n) is 7.39. The number of para-hydroxylation sites is 1. The molecular weight excluding hydrogens is 382 g/mol. The molecule has 1 aromatic heterocycles. The normalized spacial score (nSPS) is 12.1. The van der Waals surface area contributed by atoms with Gasteiger partial charge in [0.1, 0.15) is 0 Å². The number of hydrogen-bond acceptors (Lipinski definition) is 4. The smallest absolute Gasteiger partial charge is 0.266 e. The average Bonchev–Trinajstić information content (AvgIpc) is 2.69. The molecule has 0 saturated heterocycles. The van der Waals surface area contributed by atoms with Crippen LogP contribution >= 0.6 is 11.8 Å². The van der Waals surface area contributed by atoms with E-state index in [1.165, 1.54) is 11.8 Å². The molecule has 1 heterocycles. The predicted octanol–water partition coefficient (Wildman–Crippen LogP) is 4.40. The van der Waals surface area contributed by atoms with E-state index in [-0.39, 0.29) is 23.3 Å². The molecule has 1 amide bonds. The highest BCUT2D eigenvalue weighted by Gasteiger charge is 2.16. The standard InChI is InChI=1S/C23H27N3O2S/c1-5-8-17(4)24-21(27)14-29-23-25-19-10-7-6-9-18(19)22(28)26(23)20-13-15(2)11-12-16(20)3/h6-7,9-13,17H,5,8,14H2,1-4H3,(H,24,27). The van der Waals surface area contributed by atoms with E-state index in [4.69, 9.17) is 4.98 Å². The van der Waals surface area contributed by atoms with Gasteiger partial charge in [-0.3, -0.25) is 14.2 Å². The first-order valence-electron chi connectivity index (χ1n) is 9.92. The number of thioether (sulfide) groups is 1. The van der Waals surface area contributed by atoms with E-state index in [0.717, 1.165) is 29.7 Å². The minimum absolute atomic E-state index is 0.0501. The number of hydrogen-bond donors (Lipinski definition) is 1. The number of aryl methyl sites for hydroxylation is 2. The van der Waals surface area contributed by atoms with Gasteiger partial charge in [0, 0.05) is 6.04 Å². The monoisotopic (exact) mass is 409 g/mol. The van der Waals surface area contributed by atoms with Crippen LogP contribution in [0.25, 0.3) is 16.6 Å². The second kappa shape index (κ2) is 9.27. The van der Waals surface area contributed by atoms with Crippen LogP contribution < -0.4 is 10.9 Å². The van der Waals surface area contributed by atoms with Crippen LogP contribution in [0.15, 0.2) is 52.4 Å². The molecule has 1 unspecified atom stereocenters. The van der Waals surface area contributed by atoms with Crippen LogP contribution in [0.3, 0.4) is 0 Å². The molecule has 0 aliphatic carbocycles. The zero-order valence-electron chi connectivity index (χ0n) is 17.4. The number of aromatic nitrogens is 2. The van der Waals surface area contributed by atoms with Crippen LogP contribution in [-0.4, -0.2) is 27.3 Å². The maximum Gasteiger partial charge on any atom is 0.266 e. The number of nitrogens with one attached hydrogen (secondary N) is 1. The van der Waals surface area contributed by atoms with Crippen LogP contribution in [0.5, 0.6) is 0 Å². The van der Waals surface area contributed by atoms with E-state index in [1.54, 1.807) is 10.6 Å². The van der Waals surface area contributed by atoms with Gasteiger partial charge >= 0.3 is 0 Å². The first-order chi connectivity index (χ1) is 13.9. The Hall–Kier alpha value is -2.60. The quantitative estimate of drug-likeness (QED) is 0.464. The van der Waals surface area contributed by atoms with Gasteiger partial charge in [-0.05, 0) is 56.5 Å². The predicted molar refractivity (Wildman–Crippen MR) is 120 cm³/mol. The third-order valence-corrected chi connectivity index (χ3v) is 5.75. The van der Waals surface area contributed by atoms with E-state index >= 15 is 0 Å². The highest BCUT2D eigenvalue weighted by molar-refractivity contribution is 7.99. The zero-order valence-corrected chi connectivity index (χ0v) is 18.2. The van der Waals surface area contributed by atoms with E-state index < -0.39 is 0 Å². The van der Waals surface area contributed by atoms with E-state index in [2.05, 4.69) is 12.2 Å². The molecule has 1 atom stereocenters. The van der Waals surface area contributed by atoms with Gasteiger partial charge in [0.15, 0.2) is 5.16 Å². The lowest BCUT2D eigenvalue weighted by molar-refractivity contribution is -0.119. The number of amides is 1. The number of carbonyl (C=O) groups excluding carboxylic acids is 1. The number of carbonyl (C=O) groups is 1. The molecule has 2 aromatic carbocycles. The third-order valence-electron chi connectivity index (χ3n) is 4.81. The van der Waals surface area contributed by atoms with Crippen molar-refractivity contribution in [1.29, 1.82) is 0 Å². The first-order valence-corrected chi connectivity index (χ1v) is 10.9. The second-order valence-corrected chi connectivity index (χ2v) is 8.33. The summed E-state index contributed by atoms with van der Waals surface area (Å²) in [5.74, 6) is 0.162. The van der Waals surface area contributed by atoms with Gasteiger partial charge in [0.05, 0.1) is 22.3 Å². The first kappa shape index (κ1) is 21.1. The molecule has 0 spiro atoms. The van der Waals surface area contributed by atoms with Crippen LogP contribution in [-0.2, 0) is 4.79 Å². The van der Waals surface area contributed by atoms with Crippen LogP contribution in [0.4, 0.5) is 0 Å². The molecule has 1 N–H and O–H groups in total. The number of nitrogens with zero attached hydrogens (tertiary/aromatic N) is 2. The molecule has 3 rings (SSSR count). The molecule has 0 radical (unpaired) electrons.